The molecule has 0 saturated heterocycles. The molecule has 21 nitrogen and oxygen atoms in total. The van der Waals surface area contributed by atoms with Gasteiger partial charge in [0, 0.05) is 152 Å². The van der Waals surface area contributed by atoms with Crippen molar-refractivity contribution in [1.29, 1.82) is 0 Å². The van der Waals surface area contributed by atoms with Crippen LogP contribution >= 0.6 is 0 Å². The number of nitrogens with two attached hydrogens (primary N) is 3. The number of pyridine rings is 6. The molecule has 9 aromatic rings. The number of fused-ring (bicyclic) bond motifs is 18. The molecule has 3 aromatic carbocycles. The molecule has 9 N–H and O–H groups in total. The van der Waals surface area contributed by atoms with E-state index in [1.807, 2.05) is 0 Å². The van der Waals surface area contributed by atoms with Crippen LogP contribution in [0.4, 0.5) is 61.2 Å². The van der Waals surface area contributed by atoms with E-state index in [0.717, 1.165) is 42.2 Å². The second-order valence-electron chi connectivity index (χ2n) is 21.7. The monoisotopic (exact) mass is 1330 g/mol. The summed E-state index contributed by atoms with van der Waals surface area (Å²) in [7, 11) is -10.2. The molecule has 93 heavy (non-hydrogen) atoms. The number of nitrogens with one attached hydrogen (secondary N) is 3. The van der Waals surface area contributed by atoms with E-state index in [1.54, 1.807) is 12.1 Å². The average Bonchev–Trinajstić information content (AvgIpc) is 0.860. The number of hydrogen-bond donors (Lipinski definition) is 6. The summed E-state index contributed by atoms with van der Waals surface area (Å²) < 4.78 is 171. The zero-order chi connectivity index (χ0) is 65.2. The van der Waals surface area contributed by atoms with Gasteiger partial charge in [-0.2, -0.15) is 15.0 Å². The van der Waals surface area contributed by atoms with Gasteiger partial charge in [-0.1, -0.05) is 0 Å². The third-order valence-corrected chi connectivity index (χ3v) is 17.7. The Morgan fingerprint density at radius 2 is 0.871 bits per heavy atom. The van der Waals surface area contributed by atoms with Crippen molar-refractivity contribution in [2.24, 2.45) is 15.4 Å². The van der Waals surface area contributed by atoms with Crippen LogP contribution in [0.15, 0.2) is 116 Å². The van der Waals surface area contributed by atoms with E-state index >= 15 is 22.0 Å². The van der Waals surface area contributed by atoms with E-state index < -0.39 is 69.8 Å². The molecule has 12 rings (SSSR count). The van der Waals surface area contributed by atoms with Crippen molar-refractivity contribution >= 4 is 80.1 Å². The van der Waals surface area contributed by atoms with Crippen LogP contribution < -0.4 is 59.8 Å². The fourth-order valence-corrected chi connectivity index (χ4v) is 13.6. The lowest BCUT2D eigenvalue weighted by Gasteiger charge is -2.18. The van der Waals surface area contributed by atoms with Gasteiger partial charge in [-0.15, -0.1) is 0 Å². The molecule has 0 aliphatic carbocycles. The van der Waals surface area contributed by atoms with E-state index in [9.17, 15) is 17.0 Å². The van der Waals surface area contributed by atoms with Gasteiger partial charge < -0.3 is 44.4 Å². The fraction of sp³-hybridized carbons (Fsp3) is 0.190. The first-order valence-electron chi connectivity index (χ1n) is 28.5. The molecule has 0 radical (unpaired) electrons. The van der Waals surface area contributed by atoms with Gasteiger partial charge in [0.05, 0.1) is 69.7 Å². The van der Waals surface area contributed by atoms with Crippen LogP contribution in [0.3, 0.4) is 0 Å². The van der Waals surface area contributed by atoms with Crippen molar-refractivity contribution in [3.05, 3.63) is 178 Å². The van der Waals surface area contributed by atoms with Crippen molar-refractivity contribution in [2.45, 2.75) is 30.8 Å². The molecule has 3 aliphatic heterocycles. The molecule has 9 heterocycles. The largest absolute Gasteiger partial charge is 0.493 e. The lowest BCUT2D eigenvalue weighted by atomic mass is 10.0. The van der Waals surface area contributed by atoms with Crippen molar-refractivity contribution in [3.63, 3.8) is 0 Å². The van der Waals surface area contributed by atoms with Gasteiger partial charge in [0.2, 0.25) is 17.6 Å². The number of aromatic nitrogens is 6. The van der Waals surface area contributed by atoms with Crippen LogP contribution in [0, 0.1) is 34.9 Å². The number of rotatable bonds is 7. The summed E-state index contributed by atoms with van der Waals surface area (Å²) in [5, 5.41) is 31.4. The summed E-state index contributed by atoms with van der Waals surface area (Å²) in [5.74, 6) is -4.80. The lowest BCUT2D eigenvalue weighted by Crippen LogP contribution is -2.20. The number of ether oxygens (including phenoxy) is 6. The first kappa shape index (κ1) is 63.4. The zero-order valence-electron chi connectivity index (χ0n) is 49.1. The predicted molar refractivity (Wildman–Crippen MR) is 344 cm³/mol. The molecule has 6 aromatic heterocycles. The van der Waals surface area contributed by atoms with E-state index in [4.69, 9.17) is 43.8 Å². The zero-order valence-corrected chi connectivity index (χ0v) is 51.5. The highest BCUT2D eigenvalue weighted by Crippen LogP contribution is 2.40. The summed E-state index contributed by atoms with van der Waals surface area (Å²) in [6.07, 6.45) is 4.93. The van der Waals surface area contributed by atoms with Crippen LogP contribution in [0.2, 0.25) is 0 Å². The molecule has 12 bridgehead atoms. The minimum absolute atomic E-state index is 0.00341. The average molecular weight is 1340 g/mol. The molecule has 0 spiro atoms. The molecule has 3 atom stereocenters. The maximum Gasteiger partial charge on any atom is 0.215 e. The molecule has 0 amide bonds. The topological polar surface area (TPSA) is 298 Å². The molecular formula is C63H56F6N12O9S3. The SMILES string of the molecule is CS(N)(=O)=Cc1cc2nc(c1)OCCCOc1cc(F)c(CS(N)(=O)=Cc3cc4nc(c3)OCCCOc3cc(F)c(C=S(N)(=O)Cc5cc6nc(c5)OCCCOc5cc(F)ccc5-c5cc(ncc5F)N6)cc3-c3cc(ncc3F)N4)cc1-c1cc(ncc1F)N2. The minimum atomic E-state index is -3.68. The highest BCUT2D eigenvalue weighted by atomic mass is 32.2. The van der Waals surface area contributed by atoms with Gasteiger partial charge in [0.1, 0.15) is 87.1 Å². The highest BCUT2D eigenvalue weighted by Gasteiger charge is 2.24. The van der Waals surface area contributed by atoms with Crippen molar-refractivity contribution in [2.75, 3.05) is 61.8 Å². The minimum Gasteiger partial charge on any atom is -0.493 e. The Hall–Kier alpha value is -9.72. The highest BCUT2D eigenvalue weighted by molar-refractivity contribution is 7.99. The van der Waals surface area contributed by atoms with Crippen LogP contribution in [-0.2, 0) is 40.6 Å². The Morgan fingerprint density at radius 3 is 1.40 bits per heavy atom. The molecule has 482 valence electrons. The van der Waals surface area contributed by atoms with E-state index in [-0.39, 0.29) is 178 Å². The quantitative estimate of drug-likeness (QED) is 0.0639. The number of halogens is 6. The summed E-state index contributed by atoms with van der Waals surface area (Å²) in [5.41, 5.74) is 0.758. The lowest BCUT2D eigenvalue weighted by molar-refractivity contribution is 0.242. The molecule has 3 aliphatic rings. The van der Waals surface area contributed by atoms with Crippen LogP contribution in [0.1, 0.15) is 47.1 Å². The summed E-state index contributed by atoms with van der Waals surface area (Å²) >= 11 is 0. The number of anilines is 6. The standard InChI is InChI=1S/C63H56F6N12O9S3/c1-91(70,82)30-35-13-58-77-56-23-43(50(68)28-74-56)45-19-38(47(65)25-53(45)86-8-3-11-88-61(16-35)79-58)34-93(72,84)32-37-15-60-78-57-24-44(51(69)29-75-57)46-20-39(48(66)26-54(46)87-9-4-12-90-63(18-37)81-60)33-92(71,83)31-36-14-59-76-55-22-42(49(67)27-73-55)41-6-5-40(64)21-52(41)85-7-2-10-89-62(17-36)80-59/h5-6,13-30,32-33H,2-4,7-12,31,34H2,1H3,(H2,70,82)(H2,71,83)(H2,72,84)(H,73,76,80)(H,74,77,79)(H,75,78,81). The van der Waals surface area contributed by atoms with Gasteiger partial charge in [0.15, 0.2) is 0 Å². The van der Waals surface area contributed by atoms with Crippen molar-refractivity contribution in [3.8, 4) is 68.3 Å². The molecule has 0 fully saturated rings. The smallest absolute Gasteiger partial charge is 0.215 e. The van der Waals surface area contributed by atoms with E-state index in [0.29, 0.717) is 17.5 Å². The Kier molecular flexibility index (Phi) is 18.1. The third-order valence-electron chi connectivity index (χ3n) is 14.1. The summed E-state index contributed by atoms with van der Waals surface area (Å²) in [6.45, 7) is 0.0836. The maximum absolute atomic E-state index is 16.3. The second-order valence-corrected chi connectivity index (χ2v) is 28.1. The first-order chi connectivity index (χ1) is 44.5. The number of hydrogen-bond acceptors (Lipinski definition) is 18. The third kappa shape index (κ3) is 15.8. The van der Waals surface area contributed by atoms with Gasteiger partial charge in [-0.3, -0.25) is 28.0 Å². The summed E-state index contributed by atoms with van der Waals surface area (Å²) in [4.78, 5) is 26.0. The van der Waals surface area contributed by atoms with Crippen LogP contribution in [0.25, 0.3) is 33.4 Å². The Balaban J connectivity index is 0.820. The van der Waals surface area contributed by atoms with Gasteiger partial charge in [0.25, 0.3) is 0 Å². The first-order valence-corrected chi connectivity index (χ1v) is 34.3. The van der Waals surface area contributed by atoms with Crippen molar-refractivity contribution < 1.29 is 67.4 Å². The number of nitrogens with zero attached hydrogens (tertiary/aromatic N) is 6. The number of benzene rings is 3. The molecule has 0 saturated carbocycles. The van der Waals surface area contributed by atoms with Crippen LogP contribution in [-0.4, -0.2) is 105 Å². The molecule has 30 heteroatoms. The maximum atomic E-state index is 16.3. The fourth-order valence-electron chi connectivity index (χ4n) is 10.2. The Morgan fingerprint density at radius 1 is 0.430 bits per heavy atom. The normalized spacial score (nSPS) is 15.6. The second kappa shape index (κ2) is 26.5. The van der Waals surface area contributed by atoms with Gasteiger partial charge in [-0.05, 0) is 77.4 Å². The van der Waals surface area contributed by atoms with Crippen LogP contribution in [0.5, 0.6) is 34.9 Å². The predicted octanol–water partition coefficient (Wildman–Crippen LogP) is 9.56. The van der Waals surface area contributed by atoms with Crippen molar-refractivity contribution in [1.82, 2.24) is 29.9 Å². The van der Waals surface area contributed by atoms with Gasteiger partial charge >= 0.3 is 0 Å². The summed E-state index contributed by atoms with van der Waals surface area (Å²) in [6, 6.07) is 21.4. The van der Waals surface area contributed by atoms with E-state index in [2.05, 4.69) is 45.9 Å². The molecular weight excluding hydrogens is 1280 g/mol. The van der Waals surface area contributed by atoms with Gasteiger partial charge in [-0.25, -0.2) is 41.3 Å². The Labute approximate surface area is 529 Å². The van der Waals surface area contributed by atoms with E-state index in [1.165, 1.54) is 83.7 Å². The molecule has 3 unspecified atom stereocenters. The Bertz CT molecular complexity index is 4850.